The molecule has 0 amide bonds. The topological polar surface area (TPSA) is 16.2 Å². The molecule has 7 heteroatoms. The minimum absolute atomic E-state index is 0.0388. The molecule has 10 aromatic carbocycles. The van der Waals surface area contributed by atoms with Gasteiger partial charge in [0.25, 0.3) is 13.4 Å². The normalized spacial score (nSPS) is 19.5. The van der Waals surface area contributed by atoms with Crippen molar-refractivity contribution < 1.29 is 0 Å². The molecule has 0 unspecified atom stereocenters. The minimum atomic E-state index is -0.0634. The minimum Gasteiger partial charge on any atom is -0.365 e. The molecule has 4 bridgehead atoms. The summed E-state index contributed by atoms with van der Waals surface area (Å²) >= 11 is 0. The van der Waals surface area contributed by atoms with Crippen LogP contribution in [0.15, 0.2) is 231 Å². The Morgan fingerprint density at radius 2 is 0.688 bits per heavy atom. The molecule has 8 aliphatic rings. The van der Waals surface area contributed by atoms with Crippen LogP contribution in [0.5, 0.6) is 0 Å². The Kier molecular flexibility index (Phi) is 10.1. The second-order valence-corrected chi connectivity index (χ2v) is 24.9. The first kappa shape index (κ1) is 46.3. The van der Waals surface area contributed by atoms with Crippen molar-refractivity contribution in [1.82, 2.24) is 0 Å². The van der Waals surface area contributed by atoms with Crippen LogP contribution in [0.3, 0.4) is 0 Å². The number of piperidine rings is 2. The Balaban J connectivity index is 0.969. The number of fused-ring (bicyclic) bond motifs is 8. The Labute approximate surface area is 471 Å². The summed E-state index contributed by atoms with van der Waals surface area (Å²) in [4.78, 5) is 13.3. The summed E-state index contributed by atoms with van der Waals surface area (Å²) in [5.41, 5.74) is 27.7. The fourth-order valence-corrected chi connectivity index (χ4v) is 16.2. The molecule has 2 saturated carbocycles. The molecule has 18 rings (SSSR count). The lowest BCUT2D eigenvalue weighted by molar-refractivity contribution is 0.0900. The van der Waals surface area contributed by atoms with E-state index in [2.05, 4.69) is 276 Å². The number of hydrogen-bond acceptors (Lipinski definition) is 5. The second kappa shape index (κ2) is 17.4. The lowest BCUT2D eigenvalue weighted by Gasteiger charge is -2.58. The third kappa shape index (κ3) is 6.85. The molecule has 0 spiro atoms. The quantitative estimate of drug-likeness (QED) is 0.154. The summed E-state index contributed by atoms with van der Waals surface area (Å²) in [6, 6.07) is 89.3. The molecule has 0 N–H and O–H groups in total. The van der Waals surface area contributed by atoms with E-state index in [0.717, 1.165) is 23.2 Å². The molecule has 10 aromatic rings. The van der Waals surface area contributed by atoms with Crippen LogP contribution in [0.2, 0.25) is 0 Å². The van der Waals surface area contributed by atoms with Gasteiger partial charge < -0.3 is 24.5 Å². The molecule has 80 heavy (non-hydrogen) atoms. The van der Waals surface area contributed by atoms with E-state index in [1.54, 1.807) is 0 Å². The lowest BCUT2D eigenvalue weighted by atomic mass is 9.30. The predicted octanol–water partition coefficient (Wildman–Crippen LogP) is 14.6. The van der Waals surface area contributed by atoms with E-state index in [0.29, 0.717) is 12.1 Å². The molecule has 6 heterocycles. The highest BCUT2D eigenvalue weighted by Gasteiger charge is 2.51. The molecule has 5 nitrogen and oxygen atoms in total. The number of benzene rings is 10. The van der Waals surface area contributed by atoms with Gasteiger partial charge in [0.1, 0.15) is 0 Å². The third-order valence-electron chi connectivity index (χ3n) is 19.4. The summed E-state index contributed by atoms with van der Waals surface area (Å²) in [6.45, 7) is 6.81. The van der Waals surface area contributed by atoms with Gasteiger partial charge in [-0.2, -0.15) is 0 Å². The van der Waals surface area contributed by atoms with Crippen LogP contribution in [-0.2, 0) is 5.41 Å². The van der Waals surface area contributed by atoms with E-state index in [1.165, 1.54) is 144 Å². The number of nitrogens with zero attached hydrogens (tertiary/aromatic N) is 5. The first-order chi connectivity index (χ1) is 39.3. The average Bonchev–Trinajstić information content (AvgIpc) is 3.59. The van der Waals surface area contributed by atoms with Crippen LogP contribution in [-0.4, -0.2) is 25.5 Å². The van der Waals surface area contributed by atoms with E-state index in [-0.39, 0.29) is 18.8 Å². The van der Waals surface area contributed by atoms with Crippen molar-refractivity contribution in [2.24, 2.45) is 11.8 Å². The van der Waals surface area contributed by atoms with Crippen LogP contribution in [0.4, 0.5) is 73.9 Å². The van der Waals surface area contributed by atoms with E-state index in [4.69, 9.17) is 0 Å². The molecule has 4 fully saturated rings. The molecule has 2 saturated heterocycles. The van der Waals surface area contributed by atoms with Gasteiger partial charge in [0.15, 0.2) is 0 Å². The van der Waals surface area contributed by atoms with Gasteiger partial charge in [0.05, 0.1) is 0 Å². The standard InChI is InChI=1S/C73H61B2N5/c1-73(2,3)51-34-32-49(33-35-51)50-41-67-71-68(42-50)79(54-24-12-6-13-25-54)65-46-66-62(45-61(65)74(71)59-28-16-18-30-63(59)77(67)52-20-8-4-9-21-52)75-60-29-17-19-31-64(60)78(53-22-10-5-11-23-53)69-43-58(76-56-37-47-36-48(39-56)40-57(76)38-47)44-70(72(69)75)80(66)55-26-14-7-15-27-55/h4-35,41-48,56-57H,36-40H2,1-3H3. The number of rotatable bonds is 6. The Hall–Kier alpha value is -8.67. The van der Waals surface area contributed by atoms with Gasteiger partial charge in [0.2, 0.25) is 0 Å². The molecule has 2 aliphatic carbocycles. The van der Waals surface area contributed by atoms with Crippen molar-refractivity contribution in [3.63, 3.8) is 0 Å². The van der Waals surface area contributed by atoms with Gasteiger partial charge in [-0.25, -0.2) is 0 Å². The predicted molar refractivity (Wildman–Crippen MR) is 339 cm³/mol. The molecular weight excluding hydrogens is 968 g/mol. The monoisotopic (exact) mass is 1030 g/mol. The molecule has 0 aromatic heterocycles. The van der Waals surface area contributed by atoms with Crippen molar-refractivity contribution in [3.05, 3.63) is 236 Å². The Morgan fingerprint density at radius 1 is 0.312 bits per heavy atom. The van der Waals surface area contributed by atoms with Gasteiger partial charge in [-0.15, -0.1) is 0 Å². The van der Waals surface area contributed by atoms with Crippen molar-refractivity contribution in [1.29, 1.82) is 0 Å². The van der Waals surface area contributed by atoms with E-state index >= 15 is 0 Å². The van der Waals surface area contributed by atoms with Crippen molar-refractivity contribution in [2.75, 3.05) is 24.5 Å². The van der Waals surface area contributed by atoms with Crippen LogP contribution >= 0.6 is 0 Å². The van der Waals surface area contributed by atoms with Gasteiger partial charge in [0, 0.05) is 86.0 Å². The van der Waals surface area contributed by atoms with Gasteiger partial charge in [-0.3, -0.25) is 0 Å². The zero-order valence-electron chi connectivity index (χ0n) is 45.7. The zero-order chi connectivity index (χ0) is 53.0. The van der Waals surface area contributed by atoms with Gasteiger partial charge in [-0.1, -0.05) is 160 Å². The maximum atomic E-state index is 2.91. The number of para-hydroxylation sites is 6. The van der Waals surface area contributed by atoms with Crippen LogP contribution in [0.1, 0.15) is 58.4 Å². The van der Waals surface area contributed by atoms with Crippen molar-refractivity contribution >= 4 is 120 Å². The molecule has 6 aliphatic heterocycles. The fraction of sp³-hybridized carbons (Fsp3) is 0.178. The van der Waals surface area contributed by atoms with E-state index < -0.39 is 0 Å². The largest absolute Gasteiger partial charge is 0.365 e. The molecular formula is C73H61B2N5. The smallest absolute Gasteiger partial charge is 0.252 e. The first-order valence-electron chi connectivity index (χ1n) is 29.3. The Bertz CT molecular complexity index is 4080. The summed E-state index contributed by atoms with van der Waals surface area (Å²) in [5, 5.41) is 0. The van der Waals surface area contributed by atoms with Crippen LogP contribution in [0.25, 0.3) is 11.1 Å². The summed E-state index contributed by atoms with van der Waals surface area (Å²) in [5.74, 6) is 1.72. The fourth-order valence-electron chi connectivity index (χ4n) is 16.2. The maximum absolute atomic E-state index is 2.91. The van der Waals surface area contributed by atoms with E-state index in [1.807, 2.05) is 0 Å². The highest BCUT2D eigenvalue weighted by Crippen LogP contribution is 2.54. The first-order valence-corrected chi connectivity index (χ1v) is 29.3. The zero-order valence-corrected chi connectivity index (χ0v) is 45.7. The van der Waals surface area contributed by atoms with E-state index in [9.17, 15) is 0 Å². The van der Waals surface area contributed by atoms with Crippen molar-refractivity contribution in [2.45, 2.75) is 70.4 Å². The van der Waals surface area contributed by atoms with Crippen LogP contribution < -0.4 is 57.3 Å². The highest BCUT2D eigenvalue weighted by molar-refractivity contribution is 7.03. The van der Waals surface area contributed by atoms with Gasteiger partial charge in [-0.05, 0) is 190 Å². The Morgan fingerprint density at radius 3 is 1.10 bits per heavy atom. The number of anilines is 13. The lowest BCUT2D eigenvalue weighted by Crippen LogP contribution is -2.65. The maximum Gasteiger partial charge on any atom is 0.252 e. The second-order valence-electron chi connectivity index (χ2n) is 24.9. The van der Waals surface area contributed by atoms with Gasteiger partial charge >= 0.3 is 0 Å². The summed E-state index contributed by atoms with van der Waals surface area (Å²) in [6.07, 6.45) is 6.65. The highest BCUT2D eigenvalue weighted by atomic mass is 15.2. The third-order valence-corrected chi connectivity index (χ3v) is 19.4. The summed E-state index contributed by atoms with van der Waals surface area (Å²) in [7, 11) is 0. The van der Waals surface area contributed by atoms with Crippen LogP contribution in [0, 0.1) is 11.8 Å². The molecule has 384 valence electrons. The molecule has 0 radical (unpaired) electrons. The molecule has 0 atom stereocenters. The SMILES string of the molecule is CC(C)(C)c1ccc(-c2cc3c4c(c2)N(c2ccccc2)c2cc5c(cc2B4c2ccccc2N3c2ccccc2)B2c3ccccc3N(c3ccccc3)c3cc(N4C6CC7CC(C6)CC4C7)cc(c32)N5c2ccccc2)cc1. The van der Waals surface area contributed by atoms with Crippen molar-refractivity contribution in [3.8, 4) is 11.1 Å². The number of hydrogen-bond donors (Lipinski definition) is 0. The average molecular weight is 1030 g/mol. The summed E-state index contributed by atoms with van der Waals surface area (Å²) < 4.78 is 0.